The summed E-state index contributed by atoms with van der Waals surface area (Å²) in [6.45, 7) is -0.429. The maximum absolute atomic E-state index is 13.1. The van der Waals surface area contributed by atoms with Crippen molar-refractivity contribution in [1.82, 2.24) is 20.9 Å². The number of amidine groups is 1. The van der Waals surface area contributed by atoms with Gasteiger partial charge in [-0.3, -0.25) is 29.9 Å². The number of thiophene rings is 1. The van der Waals surface area contributed by atoms with E-state index in [0.29, 0.717) is 27.5 Å². The molecular formula is C28H30N6O7S2. The van der Waals surface area contributed by atoms with Gasteiger partial charge in [0.15, 0.2) is 0 Å². The molecule has 4 rings (SSSR count). The molecule has 0 spiro atoms. The highest BCUT2D eigenvalue weighted by Crippen LogP contribution is 2.25. The molecule has 2 aromatic carbocycles. The van der Waals surface area contributed by atoms with Gasteiger partial charge in [0.25, 0.3) is 5.91 Å². The van der Waals surface area contributed by atoms with Gasteiger partial charge in [0.05, 0.1) is 18.3 Å². The molecule has 0 saturated carbocycles. The molecule has 43 heavy (non-hydrogen) atoms. The van der Waals surface area contributed by atoms with Crippen LogP contribution in [-0.4, -0.2) is 74.5 Å². The maximum atomic E-state index is 13.1. The monoisotopic (exact) mass is 626 g/mol. The lowest BCUT2D eigenvalue weighted by Crippen LogP contribution is -2.48. The molecule has 3 aromatic rings. The second-order valence-corrected chi connectivity index (χ2v) is 13.2. The Kier molecular flexibility index (Phi) is 9.77. The van der Waals surface area contributed by atoms with E-state index in [1.807, 2.05) is 23.5 Å². The molecule has 2 heterocycles. The van der Waals surface area contributed by atoms with Gasteiger partial charge in [-0.25, -0.2) is 9.00 Å². The zero-order chi connectivity index (χ0) is 31.1. The van der Waals surface area contributed by atoms with Crippen molar-refractivity contribution in [3.05, 3.63) is 82.0 Å². The Morgan fingerprint density at radius 1 is 1.05 bits per heavy atom. The Morgan fingerprint density at radius 3 is 2.37 bits per heavy atom. The van der Waals surface area contributed by atoms with Gasteiger partial charge >= 0.3 is 6.09 Å². The first-order valence-corrected chi connectivity index (χ1v) is 15.9. The summed E-state index contributed by atoms with van der Waals surface area (Å²) in [6, 6.07) is 16.1. The van der Waals surface area contributed by atoms with Crippen LogP contribution < -0.4 is 20.7 Å². The van der Waals surface area contributed by atoms with Crippen molar-refractivity contribution in [1.29, 1.82) is 10.2 Å². The number of nitrogens with zero attached hydrogens (tertiary/aromatic N) is 1. The van der Waals surface area contributed by atoms with Crippen molar-refractivity contribution in [3.8, 4) is 11.5 Å². The molecule has 1 saturated heterocycles. The van der Waals surface area contributed by atoms with Crippen LogP contribution in [0.25, 0.3) is 0 Å². The van der Waals surface area contributed by atoms with E-state index in [1.165, 1.54) is 22.5 Å². The van der Waals surface area contributed by atoms with Crippen molar-refractivity contribution in [2.75, 3.05) is 19.3 Å². The number of carbonyl (C=O) groups is 4. The minimum absolute atomic E-state index is 0.0239. The molecule has 1 aromatic heterocycles. The SMILES string of the molecule is CS(=N)(=O)[C@@H]1C[C@@H](C(=O)NCc2cc(C(=N)NC(=O)O)cs2)N(C(=O)CNC(=O)c2ccc(Oc3ccccc3)cc2)C1. The predicted octanol–water partition coefficient (Wildman–Crippen LogP) is 2.83. The Hall–Kier alpha value is -4.76. The molecule has 6 N–H and O–H groups in total. The molecule has 4 amide bonds. The Labute approximate surface area is 251 Å². The molecule has 13 nitrogen and oxygen atoms in total. The number of nitrogens with one attached hydrogen (secondary N) is 5. The van der Waals surface area contributed by atoms with Crippen molar-refractivity contribution in [3.63, 3.8) is 0 Å². The van der Waals surface area contributed by atoms with Crippen LogP contribution in [0.4, 0.5) is 4.79 Å². The number of carboxylic acid groups (broad SMARTS) is 1. The summed E-state index contributed by atoms with van der Waals surface area (Å²) < 4.78 is 26.2. The summed E-state index contributed by atoms with van der Waals surface area (Å²) in [5.74, 6) is -0.715. The smallest absolute Gasteiger partial charge is 0.410 e. The fraction of sp³-hybridized carbons (Fsp3) is 0.250. The van der Waals surface area contributed by atoms with Crippen molar-refractivity contribution >= 4 is 50.7 Å². The molecule has 0 bridgehead atoms. The lowest BCUT2D eigenvalue weighted by Gasteiger charge is -2.24. The fourth-order valence-corrected chi connectivity index (χ4v) is 6.19. The molecule has 1 unspecified atom stereocenters. The molecule has 3 atom stereocenters. The summed E-state index contributed by atoms with van der Waals surface area (Å²) in [7, 11) is -3.07. The van der Waals surface area contributed by atoms with Gasteiger partial charge in [-0.05, 0) is 48.9 Å². The van der Waals surface area contributed by atoms with E-state index in [1.54, 1.807) is 47.8 Å². The summed E-state index contributed by atoms with van der Waals surface area (Å²) in [5, 5.41) is 24.6. The van der Waals surface area contributed by atoms with E-state index >= 15 is 0 Å². The molecule has 226 valence electrons. The number of likely N-dealkylation sites (tertiary alicyclic amines) is 1. The molecule has 1 aliphatic heterocycles. The van der Waals surface area contributed by atoms with Gasteiger partial charge in [-0.1, -0.05) is 18.2 Å². The fourth-order valence-electron chi connectivity index (χ4n) is 4.38. The van der Waals surface area contributed by atoms with Crippen LogP contribution in [0, 0.1) is 10.2 Å². The highest BCUT2D eigenvalue weighted by Gasteiger charge is 2.42. The average molecular weight is 627 g/mol. The highest BCUT2D eigenvalue weighted by molar-refractivity contribution is 7.92. The maximum Gasteiger partial charge on any atom is 0.410 e. The highest BCUT2D eigenvalue weighted by atomic mass is 32.2. The third-order valence-corrected chi connectivity index (χ3v) is 9.18. The summed E-state index contributed by atoms with van der Waals surface area (Å²) in [6.07, 6.45) is -0.0762. The van der Waals surface area contributed by atoms with Gasteiger partial charge in [0.1, 0.15) is 23.4 Å². The lowest BCUT2D eigenvalue weighted by molar-refractivity contribution is -0.137. The number of para-hydroxylation sites is 1. The number of hydrogen-bond acceptors (Lipinski definition) is 9. The van der Waals surface area contributed by atoms with Crippen LogP contribution in [0.1, 0.15) is 27.2 Å². The largest absolute Gasteiger partial charge is 0.465 e. The third kappa shape index (κ3) is 8.39. The summed E-state index contributed by atoms with van der Waals surface area (Å²) in [5.41, 5.74) is 0.634. The van der Waals surface area contributed by atoms with E-state index in [2.05, 4.69) is 10.6 Å². The Morgan fingerprint density at radius 2 is 1.72 bits per heavy atom. The number of benzene rings is 2. The molecule has 1 aliphatic rings. The molecule has 0 aliphatic carbocycles. The van der Waals surface area contributed by atoms with E-state index < -0.39 is 51.4 Å². The van der Waals surface area contributed by atoms with Crippen molar-refractivity contribution in [2.45, 2.75) is 24.3 Å². The number of amides is 4. The van der Waals surface area contributed by atoms with E-state index in [-0.39, 0.29) is 25.3 Å². The van der Waals surface area contributed by atoms with Gasteiger partial charge in [0.2, 0.25) is 11.8 Å². The van der Waals surface area contributed by atoms with E-state index in [0.717, 1.165) is 0 Å². The molecule has 15 heteroatoms. The minimum atomic E-state index is -3.07. The quantitative estimate of drug-likeness (QED) is 0.147. The first-order chi connectivity index (χ1) is 20.4. The number of rotatable bonds is 10. The van der Waals surface area contributed by atoms with Gasteiger partial charge < -0.3 is 25.4 Å². The average Bonchev–Trinajstić information content (AvgIpc) is 3.63. The van der Waals surface area contributed by atoms with Crippen LogP contribution in [0.5, 0.6) is 11.5 Å². The third-order valence-electron chi connectivity index (χ3n) is 6.63. The molecule has 1 fully saturated rings. The minimum Gasteiger partial charge on any atom is -0.465 e. The van der Waals surface area contributed by atoms with E-state index in [9.17, 15) is 23.4 Å². The van der Waals surface area contributed by atoms with Crippen molar-refractivity contribution in [2.24, 2.45) is 0 Å². The zero-order valence-electron chi connectivity index (χ0n) is 23.0. The Bertz CT molecular complexity index is 1620. The first kappa shape index (κ1) is 31.2. The van der Waals surface area contributed by atoms with Crippen LogP contribution >= 0.6 is 11.3 Å². The topological polar surface area (TPSA) is 202 Å². The number of ether oxygens (including phenoxy) is 1. The van der Waals surface area contributed by atoms with Gasteiger partial charge in [-0.15, -0.1) is 11.3 Å². The Balaban J connectivity index is 1.35. The van der Waals surface area contributed by atoms with Crippen LogP contribution in [0.3, 0.4) is 0 Å². The van der Waals surface area contributed by atoms with E-state index in [4.69, 9.17) is 20.0 Å². The van der Waals surface area contributed by atoms with Crippen LogP contribution in [0.15, 0.2) is 66.0 Å². The lowest BCUT2D eigenvalue weighted by atomic mass is 10.2. The second kappa shape index (κ2) is 13.5. The number of hydrogen-bond donors (Lipinski definition) is 6. The molecule has 0 radical (unpaired) electrons. The first-order valence-electron chi connectivity index (χ1n) is 13.0. The van der Waals surface area contributed by atoms with Gasteiger partial charge in [0, 0.05) is 43.9 Å². The standard InChI is InChI=1S/C28H30N6O7S2/c1-43(30,40)22-12-23(27(37)31-13-21-11-18(16-42-21)25(29)33-28(38)39)34(15-22)24(35)14-32-26(36)17-7-9-20(10-8-17)41-19-5-3-2-4-6-19/h2-11,16,22-23,30H,12-15H2,1H3,(H2,29,33)(H,31,37)(H,32,36)(H,38,39)/t22-,23+,43?/m1/s1. The summed E-state index contributed by atoms with van der Waals surface area (Å²) >= 11 is 1.21. The second-order valence-electron chi connectivity index (χ2n) is 9.77. The molecular weight excluding hydrogens is 596 g/mol. The normalized spacial score (nSPS) is 17.4. The predicted molar refractivity (Wildman–Crippen MR) is 160 cm³/mol. The van der Waals surface area contributed by atoms with Crippen LogP contribution in [0.2, 0.25) is 0 Å². The van der Waals surface area contributed by atoms with Crippen LogP contribution in [-0.2, 0) is 25.9 Å². The summed E-state index contributed by atoms with van der Waals surface area (Å²) in [4.78, 5) is 51.6. The van der Waals surface area contributed by atoms with Gasteiger partial charge in [-0.2, -0.15) is 0 Å². The van der Waals surface area contributed by atoms with Crippen molar-refractivity contribution < 1.29 is 33.2 Å². The zero-order valence-corrected chi connectivity index (χ0v) is 24.6. The number of carbonyl (C=O) groups excluding carboxylic acids is 3.